The van der Waals surface area contributed by atoms with Gasteiger partial charge in [0.05, 0.1) is 12.5 Å². The lowest BCUT2D eigenvalue weighted by atomic mass is 10.1. The summed E-state index contributed by atoms with van der Waals surface area (Å²) in [6, 6.07) is 16.9. The number of carbonyl (C=O) groups is 2. The van der Waals surface area contributed by atoms with Gasteiger partial charge in [-0.15, -0.1) is 0 Å². The average molecular weight is 386 g/mol. The first-order chi connectivity index (χ1) is 13.0. The fourth-order valence-corrected chi connectivity index (χ4v) is 3.41. The van der Waals surface area contributed by atoms with Crippen LogP contribution in [-0.2, 0) is 22.7 Å². The molecule has 2 aromatic carbocycles. The summed E-state index contributed by atoms with van der Waals surface area (Å²) in [5.41, 5.74) is 1.98. The van der Waals surface area contributed by atoms with Gasteiger partial charge in [0.2, 0.25) is 11.8 Å². The molecule has 0 spiro atoms. The lowest BCUT2D eigenvalue weighted by Gasteiger charge is -2.34. The molecule has 0 saturated carbocycles. The van der Waals surface area contributed by atoms with Crippen LogP contribution in [0.1, 0.15) is 17.5 Å². The number of piperazine rings is 1. The maximum atomic E-state index is 12.8. The van der Waals surface area contributed by atoms with Crippen molar-refractivity contribution in [3.05, 3.63) is 70.7 Å². The van der Waals surface area contributed by atoms with Gasteiger partial charge in [0.25, 0.3) is 0 Å². The van der Waals surface area contributed by atoms with Crippen LogP contribution in [-0.4, -0.2) is 47.8 Å². The second-order valence-corrected chi connectivity index (χ2v) is 7.20. The van der Waals surface area contributed by atoms with E-state index >= 15 is 0 Å². The van der Waals surface area contributed by atoms with Gasteiger partial charge in [-0.3, -0.25) is 9.59 Å². The predicted molar refractivity (Wildman–Crippen MR) is 106 cm³/mol. The molecule has 1 aliphatic heterocycles. The van der Waals surface area contributed by atoms with E-state index in [1.165, 1.54) is 0 Å². The summed E-state index contributed by atoms with van der Waals surface area (Å²) in [7, 11) is 1.77. The largest absolute Gasteiger partial charge is 0.341 e. The van der Waals surface area contributed by atoms with Gasteiger partial charge in [-0.05, 0) is 17.2 Å². The van der Waals surface area contributed by atoms with Gasteiger partial charge >= 0.3 is 0 Å². The third kappa shape index (κ3) is 5.08. The van der Waals surface area contributed by atoms with Crippen LogP contribution in [0.25, 0.3) is 0 Å². The molecule has 0 bridgehead atoms. The molecule has 1 unspecified atom stereocenters. The first kappa shape index (κ1) is 19.4. The molecule has 2 amide bonds. The van der Waals surface area contributed by atoms with E-state index in [2.05, 4.69) is 5.32 Å². The second kappa shape index (κ2) is 9.02. The molecule has 1 N–H and O–H groups in total. The van der Waals surface area contributed by atoms with E-state index in [1.54, 1.807) is 16.8 Å². The molecule has 0 radical (unpaired) electrons. The van der Waals surface area contributed by atoms with Crippen LogP contribution in [0.2, 0.25) is 5.02 Å². The minimum absolute atomic E-state index is 0.0516. The summed E-state index contributed by atoms with van der Waals surface area (Å²) in [5.74, 6) is -0.105. The Bertz CT molecular complexity index is 797. The number of benzene rings is 2. The summed E-state index contributed by atoms with van der Waals surface area (Å²) in [6.07, 6.45) is 0.154. The number of amides is 2. The molecule has 6 heteroatoms. The summed E-state index contributed by atoms with van der Waals surface area (Å²) in [5, 5.41) is 3.83. The van der Waals surface area contributed by atoms with Crippen LogP contribution >= 0.6 is 11.6 Å². The molecular weight excluding hydrogens is 362 g/mol. The second-order valence-electron chi connectivity index (χ2n) is 6.80. The van der Waals surface area contributed by atoms with E-state index < -0.39 is 6.04 Å². The SMILES string of the molecule is CN(Cc1ccccc1)C(=O)CC1NCCN(Cc2ccccc2Cl)C1=O. The number of hydrogen-bond donors (Lipinski definition) is 1. The van der Waals surface area contributed by atoms with Crippen LogP contribution in [0.3, 0.4) is 0 Å². The molecule has 1 aliphatic rings. The number of nitrogens with one attached hydrogen (secondary N) is 1. The van der Waals surface area contributed by atoms with E-state index in [9.17, 15) is 9.59 Å². The third-order valence-corrected chi connectivity index (χ3v) is 5.14. The van der Waals surface area contributed by atoms with E-state index in [4.69, 9.17) is 11.6 Å². The highest BCUT2D eigenvalue weighted by atomic mass is 35.5. The van der Waals surface area contributed by atoms with E-state index in [-0.39, 0.29) is 18.2 Å². The number of hydrogen-bond acceptors (Lipinski definition) is 3. The molecule has 5 nitrogen and oxygen atoms in total. The standard InChI is InChI=1S/C21H24ClN3O2/c1-24(14-16-7-3-2-4-8-16)20(26)13-19-21(27)25(12-11-23-19)15-17-9-5-6-10-18(17)22/h2-10,19,23H,11-15H2,1H3. The molecular formula is C21H24ClN3O2. The van der Waals surface area contributed by atoms with E-state index in [0.717, 1.165) is 11.1 Å². The summed E-state index contributed by atoms with van der Waals surface area (Å²) in [4.78, 5) is 28.8. The van der Waals surface area contributed by atoms with Gasteiger partial charge < -0.3 is 15.1 Å². The molecule has 1 saturated heterocycles. The fourth-order valence-electron chi connectivity index (χ4n) is 3.22. The lowest BCUT2D eigenvalue weighted by molar-refractivity contribution is -0.141. The van der Waals surface area contributed by atoms with Gasteiger partial charge in [0.1, 0.15) is 0 Å². The third-order valence-electron chi connectivity index (χ3n) is 4.77. The highest BCUT2D eigenvalue weighted by molar-refractivity contribution is 6.31. The normalized spacial score (nSPS) is 17.0. The fraction of sp³-hybridized carbons (Fsp3) is 0.333. The first-order valence-corrected chi connectivity index (χ1v) is 9.46. The Morgan fingerprint density at radius 1 is 1.19 bits per heavy atom. The van der Waals surface area contributed by atoms with Crippen LogP contribution in [0.4, 0.5) is 0 Å². The zero-order chi connectivity index (χ0) is 19.2. The molecule has 27 heavy (non-hydrogen) atoms. The quantitative estimate of drug-likeness (QED) is 0.831. The summed E-state index contributed by atoms with van der Waals surface area (Å²) in [6.45, 7) is 2.26. The van der Waals surface area contributed by atoms with Crippen LogP contribution < -0.4 is 5.32 Å². The maximum absolute atomic E-state index is 12.8. The van der Waals surface area contributed by atoms with Crippen molar-refractivity contribution in [1.82, 2.24) is 15.1 Å². The van der Waals surface area contributed by atoms with Gasteiger partial charge in [0.15, 0.2) is 0 Å². The number of halogens is 1. The Morgan fingerprint density at radius 2 is 1.89 bits per heavy atom. The van der Waals surface area contributed by atoms with Crippen LogP contribution in [0, 0.1) is 0 Å². The van der Waals surface area contributed by atoms with Crippen molar-refractivity contribution in [2.45, 2.75) is 25.6 Å². The Labute approximate surface area is 164 Å². The van der Waals surface area contributed by atoms with Crippen LogP contribution in [0.5, 0.6) is 0 Å². The summed E-state index contributed by atoms with van der Waals surface area (Å²) < 4.78 is 0. The maximum Gasteiger partial charge on any atom is 0.240 e. The van der Waals surface area contributed by atoms with Gasteiger partial charge in [-0.1, -0.05) is 60.1 Å². The Balaban J connectivity index is 1.58. The van der Waals surface area contributed by atoms with Crippen molar-refractivity contribution < 1.29 is 9.59 Å². The van der Waals surface area contributed by atoms with Crippen molar-refractivity contribution >= 4 is 23.4 Å². The zero-order valence-corrected chi connectivity index (χ0v) is 16.2. The Hall–Kier alpha value is -2.37. The molecule has 0 aliphatic carbocycles. The highest BCUT2D eigenvalue weighted by Crippen LogP contribution is 2.19. The number of rotatable bonds is 6. The zero-order valence-electron chi connectivity index (χ0n) is 15.4. The molecule has 0 aromatic heterocycles. The predicted octanol–water partition coefficient (Wildman–Crippen LogP) is 2.69. The molecule has 1 fully saturated rings. The van der Waals surface area contributed by atoms with Crippen molar-refractivity contribution in [2.24, 2.45) is 0 Å². The van der Waals surface area contributed by atoms with Gasteiger partial charge in [0, 0.05) is 38.2 Å². The number of nitrogens with zero attached hydrogens (tertiary/aromatic N) is 2. The van der Waals surface area contributed by atoms with Crippen molar-refractivity contribution in [3.63, 3.8) is 0 Å². The lowest BCUT2D eigenvalue weighted by Crippen LogP contribution is -2.55. The van der Waals surface area contributed by atoms with Crippen molar-refractivity contribution in [2.75, 3.05) is 20.1 Å². The molecule has 142 valence electrons. The monoisotopic (exact) mass is 385 g/mol. The minimum atomic E-state index is -0.494. The smallest absolute Gasteiger partial charge is 0.240 e. The molecule has 1 heterocycles. The van der Waals surface area contributed by atoms with E-state index in [1.807, 2.05) is 54.6 Å². The van der Waals surface area contributed by atoms with E-state index in [0.29, 0.717) is 31.2 Å². The Morgan fingerprint density at radius 3 is 2.63 bits per heavy atom. The Kier molecular flexibility index (Phi) is 6.48. The van der Waals surface area contributed by atoms with Crippen LogP contribution in [0.15, 0.2) is 54.6 Å². The van der Waals surface area contributed by atoms with Crippen molar-refractivity contribution in [3.8, 4) is 0 Å². The van der Waals surface area contributed by atoms with Gasteiger partial charge in [-0.25, -0.2) is 0 Å². The summed E-state index contributed by atoms with van der Waals surface area (Å²) >= 11 is 6.22. The van der Waals surface area contributed by atoms with Gasteiger partial charge in [-0.2, -0.15) is 0 Å². The molecule has 1 atom stereocenters. The van der Waals surface area contributed by atoms with Crippen molar-refractivity contribution in [1.29, 1.82) is 0 Å². The molecule has 3 rings (SSSR count). The molecule has 2 aromatic rings. The number of carbonyl (C=O) groups excluding carboxylic acids is 2. The topological polar surface area (TPSA) is 52.7 Å². The minimum Gasteiger partial charge on any atom is -0.341 e. The average Bonchev–Trinajstić information content (AvgIpc) is 2.67. The highest BCUT2D eigenvalue weighted by Gasteiger charge is 2.31. The first-order valence-electron chi connectivity index (χ1n) is 9.08.